The molecule has 3 rings (SSSR count). The van der Waals surface area contributed by atoms with Gasteiger partial charge >= 0.3 is 0 Å². The van der Waals surface area contributed by atoms with Crippen LogP contribution in [-0.2, 0) is 0 Å². The van der Waals surface area contributed by atoms with Crippen LogP contribution in [0, 0.1) is 17.1 Å². The molecule has 9 heteroatoms. The van der Waals surface area contributed by atoms with Crippen molar-refractivity contribution in [1.82, 2.24) is 20.3 Å². The second kappa shape index (κ2) is 7.84. The highest BCUT2D eigenvalue weighted by atomic mass is 19.1. The lowest BCUT2D eigenvalue weighted by Gasteiger charge is -2.19. The first-order valence-corrected chi connectivity index (χ1v) is 8.60. The van der Waals surface area contributed by atoms with Crippen LogP contribution in [0.3, 0.4) is 0 Å². The Kier molecular flexibility index (Phi) is 5.31. The van der Waals surface area contributed by atoms with Gasteiger partial charge in [-0.15, -0.1) is 0 Å². The zero-order valence-electron chi connectivity index (χ0n) is 15.3. The van der Waals surface area contributed by atoms with Gasteiger partial charge in [0.1, 0.15) is 35.4 Å². The Morgan fingerprint density at radius 1 is 1.39 bits per heavy atom. The number of amides is 1. The summed E-state index contributed by atoms with van der Waals surface area (Å²) in [7, 11) is 0. The number of anilines is 2. The standard InChI is InChI=1S/C19H18FN7O/c1-3-23-19(28)12-7-11-14(20)5-4-6-15(11)27-16(12)10(2)26-18-13(8-21)17(22)24-9-25-18/h4-7,9-10H,3H2,1-2H3,(H,23,28)(H3,22,24,25,26). The quantitative estimate of drug-likeness (QED) is 0.621. The molecule has 0 fully saturated rings. The van der Waals surface area contributed by atoms with E-state index in [1.165, 1.54) is 18.5 Å². The maximum atomic E-state index is 14.2. The predicted molar refractivity (Wildman–Crippen MR) is 103 cm³/mol. The van der Waals surface area contributed by atoms with Crippen molar-refractivity contribution in [3.63, 3.8) is 0 Å². The highest BCUT2D eigenvalue weighted by molar-refractivity contribution is 5.99. The molecule has 0 spiro atoms. The monoisotopic (exact) mass is 379 g/mol. The van der Waals surface area contributed by atoms with Gasteiger partial charge in [0.2, 0.25) is 0 Å². The topological polar surface area (TPSA) is 130 Å². The Morgan fingerprint density at radius 3 is 2.89 bits per heavy atom. The summed E-state index contributed by atoms with van der Waals surface area (Å²) < 4.78 is 14.2. The summed E-state index contributed by atoms with van der Waals surface area (Å²) in [6, 6.07) is 7.45. The number of pyridine rings is 1. The number of hydrogen-bond donors (Lipinski definition) is 3. The SMILES string of the molecule is CCNC(=O)c1cc2c(F)cccc2nc1C(C)Nc1ncnc(N)c1C#N. The molecule has 0 aliphatic rings. The molecule has 1 unspecified atom stereocenters. The first-order chi connectivity index (χ1) is 13.5. The average Bonchev–Trinajstić information content (AvgIpc) is 2.68. The lowest BCUT2D eigenvalue weighted by molar-refractivity contribution is 0.0954. The van der Waals surface area contributed by atoms with Crippen LogP contribution in [-0.4, -0.2) is 27.4 Å². The van der Waals surface area contributed by atoms with Crippen LogP contribution in [0.25, 0.3) is 10.9 Å². The number of halogens is 1. The van der Waals surface area contributed by atoms with Gasteiger partial charge in [-0.3, -0.25) is 4.79 Å². The van der Waals surface area contributed by atoms with Gasteiger partial charge in [-0.25, -0.2) is 19.3 Å². The lowest BCUT2D eigenvalue weighted by atomic mass is 10.0. The van der Waals surface area contributed by atoms with E-state index in [0.717, 1.165) is 0 Å². The second-order valence-corrected chi connectivity index (χ2v) is 6.05. The maximum Gasteiger partial charge on any atom is 0.253 e. The zero-order chi connectivity index (χ0) is 20.3. The minimum atomic E-state index is -0.522. The Hall–Kier alpha value is -3.80. The fraction of sp³-hybridized carbons (Fsp3) is 0.211. The van der Waals surface area contributed by atoms with Crippen LogP contribution in [0.15, 0.2) is 30.6 Å². The van der Waals surface area contributed by atoms with Crippen molar-refractivity contribution in [1.29, 1.82) is 5.26 Å². The molecule has 4 N–H and O–H groups in total. The molecule has 2 heterocycles. The van der Waals surface area contributed by atoms with Gasteiger partial charge in [0, 0.05) is 11.9 Å². The van der Waals surface area contributed by atoms with Crippen LogP contribution in [0.4, 0.5) is 16.0 Å². The summed E-state index contributed by atoms with van der Waals surface area (Å²) >= 11 is 0. The minimum absolute atomic E-state index is 0.0460. The molecule has 0 radical (unpaired) electrons. The van der Waals surface area contributed by atoms with Crippen LogP contribution in [0.5, 0.6) is 0 Å². The summed E-state index contributed by atoms with van der Waals surface area (Å²) in [5.74, 6) is -0.556. The number of nitrogens with two attached hydrogens (primary N) is 1. The molecule has 2 aromatic heterocycles. The van der Waals surface area contributed by atoms with Gasteiger partial charge in [-0.05, 0) is 32.0 Å². The molecule has 3 aromatic rings. The summed E-state index contributed by atoms with van der Waals surface area (Å²) in [5.41, 5.74) is 6.86. The zero-order valence-corrected chi connectivity index (χ0v) is 15.3. The number of nitriles is 1. The fourth-order valence-electron chi connectivity index (χ4n) is 2.83. The number of aromatic nitrogens is 3. The van der Waals surface area contributed by atoms with E-state index >= 15 is 0 Å². The van der Waals surface area contributed by atoms with E-state index in [-0.39, 0.29) is 34.1 Å². The molecule has 8 nitrogen and oxygen atoms in total. The number of rotatable bonds is 5. The van der Waals surface area contributed by atoms with Crippen LogP contribution in [0.2, 0.25) is 0 Å². The molecule has 0 aliphatic heterocycles. The molecule has 0 bridgehead atoms. The van der Waals surface area contributed by atoms with Crippen molar-refractivity contribution in [3.05, 3.63) is 53.2 Å². The van der Waals surface area contributed by atoms with Crippen LogP contribution in [0.1, 0.15) is 41.5 Å². The molecular weight excluding hydrogens is 361 g/mol. The van der Waals surface area contributed by atoms with Crippen LogP contribution < -0.4 is 16.4 Å². The smallest absolute Gasteiger partial charge is 0.253 e. The van der Waals surface area contributed by atoms with Gasteiger partial charge in [0.25, 0.3) is 5.91 Å². The molecule has 0 aliphatic carbocycles. The molecular formula is C19H18FN7O. The third-order valence-electron chi connectivity index (χ3n) is 4.17. The second-order valence-electron chi connectivity index (χ2n) is 6.05. The van der Waals surface area contributed by atoms with Crippen molar-refractivity contribution in [3.8, 4) is 6.07 Å². The van der Waals surface area contributed by atoms with Crippen molar-refractivity contribution in [2.45, 2.75) is 19.9 Å². The largest absolute Gasteiger partial charge is 0.382 e. The van der Waals surface area contributed by atoms with E-state index in [4.69, 9.17) is 5.73 Å². The predicted octanol–water partition coefficient (Wildman–Crippen LogP) is 2.54. The van der Waals surface area contributed by atoms with Gasteiger partial charge in [0.15, 0.2) is 0 Å². The number of carbonyl (C=O) groups is 1. The Balaban J connectivity index is 2.10. The molecule has 28 heavy (non-hydrogen) atoms. The molecule has 1 aromatic carbocycles. The van der Waals surface area contributed by atoms with E-state index in [0.29, 0.717) is 17.8 Å². The van der Waals surface area contributed by atoms with E-state index in [1.807, 2.05) is 6.07 Å². The molecule has 142 valence electrons. The fourth-order valence-corrected chi connectivity index (χ4v) is 2.83. The number of fused-ring (bicyclic) bond motifs is 1. The number of nitrogen functional groups attached to an aromatic ring is 1. The molecule has 0 saturated carbocycles. The summed E-state index contributed by atoms with van der Waals surface area (Å²) in [6.45, 7) is 3.96. The Morgan fingerprint density at radius 2 is 2.18 bits per heavy atom. The summed E-state index contributed by atoms with van der Waals surface area (Å²) in [5, 5.41) is 15.3. The maximum absolute atomic E-state index is 14.2. The normalized spacial score (nSPS) is 11.6. The lowest BCUT2D eigenvalue weighted by Crippen LogP contribution is -2.26. The van der Waals surface area contributed by atoms with Crippen LogP contribution >= 0.6 is 0 Å². The number of nitrogens with one attached hydrogen (secondary N) is 2. The van der Waals surface area contributed by atoms with E-state index in [1.54, 1.807) is 26.0 Å². The third-order valence-corrected chi connectivity index (χ3v) is 4.17. The van der Waals surface area contributed by atoms with E-state index in [2.05, 4.69) is 25.6 Å². The van der Waals surface area contributed by atoms with E-state index < -0.39 is 11.9 Å². The summed E-state index contributed by atoms with van der Waals surface area (Å²) in [4.78, 5) is 24.9. The van der Waals surface area contributed by atoms with Gasteiger partial charge < -0.3 is 16.4 Å². The minimum Gasteiger partial charge on any atom is -0.382 e. The Labute approximate surface area is 160 Å². The van der Waals surface area contributed by atoms with Crippen molar-refractivity contribution in [2.24, 2.45) is 0 Å². The van der Waals surface area contributed by atoms with Crippen molar-refractivity contribution in [2.75, 3.05) is 17.6 Å². The summed E-state index contributed by atoms with van der Waals surface area (Å²) in [6.07, 6.45) is 1.24. The molecule has 1 amide bonds. The highest BCUT2D eigenvalue weighted by Gasteiger charge is 2.21. The number of benzene rings is 1. The third kappa shape index (κ3) is 3.53. The van der Waals surface area contributed by atoms with Gasteiger partial charge in [-0.2, -0.15) is 5.26 Å². The molecule has 0 saturated heterocycles. The number of nitrogens with zero attached hydrogens (tertiary/aromatic N) is 4. The number of hydrogen-bond acceptors (Lipinski definition) is 7. The van der Waals surface area contributed by atoms with Gasteiger partial charge in [-0.1, -0.05) is 6.07 Å². The van der Waals surface area contributed by atoms with E-state index in [9.17, 15) is 14.4 Å². The first-order valence-electron chi connectivity index (χ1n) is 8.60. The molecule has 1 atom stereocenters. The Bertz CT molecular complexity index is 1090. The highest BCUT2D eigenvalue weighted by Crippen LogP contribution is 2.27. The van der Waals surface area contributed by atoms with Gasteiger partial charge in [0.05, 0.1) is 22.8 Å². The first kappa shape index (κ1) is 19.0. The average molecular weight is 379 g/mol. The number of carbonyl (C=O) groups excluding carboxylic acids is 1. The van der Waals surface area contributed by atoms with Crippen molar-refractivity contribution < 1.29 is 9.18 Å². The van der Waals surface area contributed by atoms with Crippen molar-refractivity contribution >= 4 is 28.4 Å².